The SMILES string of the molecule is CC(CCCN)N(C(=O)OCCCC(=O)NC(P(O)O)P(C)(=O)O)c1ccnc2cc(Cl)ccc12. The fraction of sp³-hybridized carbons (Fsp3) is 0.476. The molecule has 0 saturated heterocycles. The molecule has 0 aliphatic carbocycles. The van der Waals surface area contributed by atoms with Crippen LogP contribution in [0.2, 0.25) is 5.02 Å². The van der Waals surface area contributed by atoms with Gasteiger partial charge in [0.15, 0.2) is 13.9 Å². The van der Waals surface area contributed by atoms with Crippen LogP contribution in [-0.2, 0) is 14.1 Å². The van der Waals surface area contributed by atoms with E-state index >= 15 is 0 Å². The molecule has 0 fully saturated rings. The number of fused-ring (bicyclic) bond motifs is 1. The van der Waals surface area contributed by atoms with E-state index in [4.69, 9.17) is 22.1 Å². The van der Waals surface area contributed by atoms with E-state index in [0.717, 1.165) is 12.1 Å². The Bertz CT molecular complexity index is 1070. The van der Waals surface area contributed by atoms with Crippen LogP contribution >= 0.6 is 27.3 Å². The minimum atomic E-state index is -3.95. The number of pyridine rings is 1. The summed E-state index contributed by atoms with van der Waals surface area (Å²) in [7, 11) is -6.79. The Morgan fingerprint density at radius 3 is 2.66 bits per heavy atom. The van der Waals surface area contributed by atoms with Crippen molar-refractivity contribution in [3.05, 3.63) is 35.5 Å². The van der Waals surface area contributed by atoms with E-state index in [2.05, 4.69) is 10.3 Å². The van der Waals surface area contributed by atoms with Gasteiger partial charge in [-0.2, -0.15) is 0 Å². The Balaban J connectivity index is 2.08. The summed E-state index contributed by atoms with van der Waals surface area (Å²) in [6, 6.07) is 6.66. The zero-order valence-corrected chi connectivity index (χ0v) is 22.0. The van der Waals surface area contributed by atoms with Gasteiger partial charge in [0, 0.05) is 35.7 Å². The molecule has 0 aliphatic heterocycles. The Morgan fingerprint density at radius 1 is 1.31 bits per heavy atom. The molecule has 1 aromatic carbocycles. The number of carbonyl (C=O) groups excluding carboxylic acids is 2. The lowest BCUT2D eigenvalue weighted by Gasteiger charge is -2.29. The quantitative estimate of drug-likeness (QED) is 0.197. The van der Waals surface area contributed by atoms with Gasteiger partial charge in [0.2, 0.25) is 13.3 Å². The molecule has 0 bridgehead atoms. The first kappa shape index (κ1) is 29.4. The summed E-state index contributed by atoms with van der Waals surface area (Å²) in [6.07, 6.45) is 2.28. The number of anilines is 1. The number of hydrogen-bond acceptors (Lipinski definition) is 8. The van der Waals surface area contributed by atoms with E-state index in [-0.39, 0.29) is 25.5 Å². The number of amides is 2. The van der Waals surface area contributed by atoms with Crippen LogP contribution in [0.3, 0.4) is 0 Å². The maximum absolute atomic E-state index is 13.1. The lowest BCUT2D eigenvalue weighted by atomic mass is 10.1. The summed E-state index contributed by atoms with van der Waals surface area (Å²) in [6.45, 7) is 3.19. The molecule has 1 aromatic heterocycles. The molecule has 6 N–H and O–H groups in total. The van der Waals surface area contributed by atoms with Crippen molar-refractivity contribution in [2.75, 3.05) is 24.7 Å². The molecule has 0 saturated carbocycles. The number of halogens is 1. The van der Waals surface area contributed by atoms with Crippen LogP contribution in [0, 0.1) is 0 Å². The van der Waals surface area contributed by atoms with Gasteiger partial charge < -0.3 is 30.5 Å². The highest BCUT2D eigenvalue weighted by molar-refractivity contribution is 7.71. The van der Waals surface area contributed by atoms with Crippen LogP contribution in [0.25, 0.3) is 10.9 Å². The summed E-state index contributed by atoms with van der Waals surface area (Å²) in [5.74, 6) is -0.664. The van der Waals surface area contributed by atoms with Crippen molar-refractivity contribution in [3.8, 4) is 0 Å². The Labute approximate surface area is 210 Å². The van der Waals surface area contributed by atoms with E-state index in [0.29, 0.717) is 35.6 Å². The summed E-state index contributed by atoms with van der Waals surface area (Å²) >= 11 is 6.08. The van der Waals surface area contributed by atoms with Gasteiger partial charge in [-0.25, -0.2) is 4.79 Å². The van der Waals surface area contributed by atoms with Crippen LogP contribution in [0.1, 0.15) is 32.6 Å². The third kappa shape index (κ3) is 8.65. The maximum Gasteiger partial charge on any atom is 0.414 e. The van der Waals surface area contributed by atoms with E-state index in [1.165, 1.54) is 4.90 Å². The van der Waals surface area contributed by atoms with Crippen LogP contribution in [0.4, 0.5) is 10.5 Å². The average molecular weight is 549 g/mol. The number of carbonyl (C=O) groups is 2. The normalized spacial score (nSPS) is 14.9. The number of hydrogen-bond donors (Lipinski definition) is 5. The smallest absolute Gasteiger partial charge is 0.414 e. The van der Waals surface area contributed by atoms with Crippen LogP contribution in [-0.4, -0.2) is 63.0 Å². The number of nitrogens with zero attached hydrogens (tertiary/aromatic N) is 2. The lowest BCUT2D eigenvalue weighted by Crippen LogP contribution is -2.40. The number of aromatic nitrogens is 1. The molecule has 0 radical (unpaired) electrons. The molecule has 0 spiro atoms. The van der Waals surface area contributed by atoms with Crippen molar-refractivity contribution >= 4 is 55.9 Å². The van der Waals surface area contributed by atoms with Crippen LogP contribution < -0.4 is 16.0 Å². The Kier molecular flexibility index (Phi) is 11.3. The summed E-state index contributed by atoms with van der Waals surface area (Å²) in [5, 5.41) is 3.39. The zero-order valence-electron chi connectivity index (χ0n) is 19.5. The summed E-state index contributed by atoms with van der Waals surface area (Å²) in [4.78, 5) is 59.1. The highest BCUT2D eigenvalue weighted by Gasteiger charge is 2.34. The molecule has 2 aromatic rings. The second-order valence-electron chi connectivity index (χ2n) is 8.06. The predicted octanol–water partition coefficient (Wildman–Crippen LogP) is 3.34. The van der Waals surface area contributed by atoms with Gasteiger partial charge in [0.05, 0.1) is 17.8 Å². The molecule has 0 aliphatic rings. The first-order chi connectivity index (χ1) is 16.5. The maximum atomic E-state index is 13.1. The number of nitrogens with two attached hydrogens (primary N) is 1. The van der Waals surface area contributed by atoms with E-state index < -0.39 is 33.3 Å². The Hall–Kier alpha value is -1.84. The topological polar surface area (TPSA) is 175 Å². The standard InChI is InChI=1S/C21H31ClN4O7P2/c1-14(5-3-10-23)26(18-9-11-24-17-13-15(22)7-8-16(17)18)21(28)33-12-4-6-19(27)25-20(34(29)30)35(2,31)32/h7-9,11,13-14,20,29-30H,3-6,10,12,23H2,1-2H3,(H,25,27)(H,31,32). The van der Waals surface area contributed by atoms with E-state index in [1.807, 2.05) is 6.92 Å². The molecule has 1 heterocycles. The summed E-state index contributed by atoms with van der Waals surface area (Å²) in [5.41, 5.74) is 5.23. The minimum Gasteiger partial charge on any atom is -0.449 e. The second kappa shape index (κ2) is 13.5. The van der Waals surface area contributed by atoms with Crippen LogP contribution in [0.15, 0.2) is 30.5 Å². The van der Waals surface area contributed by atoms with E-state index in [9.17, 15) is 28.8 Å². The third-order valence-corrected chi connectivity index (χ3v) is 8.88. The Morgan fingerprint density at radius 2 is 2.03 bits per heavy atom. The molecule has 3 atom stereocenters. The van der Waals surface area contributed by atoms with Gasteiger partial charge >= 0.3 is 6.09 Å². The van der Waals surface area contributed by atoms with Gasteiger partial charge in [-0.3, -0.25) is 19.2 Å². The van der Waals surface area contributed by atoms with Gasteiger partial charge in [0.1, 0.15) is 0 Å². The molecule has 2 rings (SSSR count). The molecule has 2 amide bonds. The van der Waals surface area contributed by atoms with Gasteiger partial charge in [-0.1, -0.05) is 11.6 Å². The highest BCUT2D eigenvalue weighted by Crippen LogP contribution is 2.53. The molecule has 35 heavy (non-hydrogen) atoms. The number of benzene rings is 1. The fourth-order valence-corrected chi connectivity index (χ4v) is 5.76. The number of rotatable bonds is 12. The molecule has 3 unspecified atom stereocenters. The van der Waals surface area contributed by atoms with Crippen molar-refractivity contribution in [1.29, 1.82) is 0 Å². The highest BCUT2D eigenvalue weighted by atomic mass is 35.5. The van der Waals surface area contributed by atoms with Crippen molar-refractivity contribution in [2.24, 2.45) is 5.73 Å². The monoisotopic (exact) mass is 548 g/mol. The fourth-order valence-electron chi connectivity index (χ4n) is 3.42. The average Bonchev–Trinajstić information content (AvgIpc) is 2.78. The van der Waals surface area contributed by atoms with Crippen molar-refractivity contribution in [1.82, 2.24) is 10.3 Å². The van der Waals surface area contributed by atoms with Gasteiger partial charge in [-0.05, 0) is 57.0 Å². The first-order valence-corrected chi connectivity index (χ1v) is 14.8. The largest absolute Gasteiger partial charge is 0.449 e. The second-order valence-corrected chi connectivity index (χ2v) is 12.5. The predicted molar refractivity (Wildman–Crippen MR) is 137 cm³/mol. The van der Waals surface area contributed by atoms with Gasteiger partial charge in [0.25, 0.3) is 0 Å². The number of nitrogens with one attached hydrogen (secondary N) is 1. The third-order valence-electron chi connectivity index (χ3n) is 5.14. The lowest BCUT2D eigenvalue weighted by molar-refractivity contribution is -0.121. The minimum absolute atomic E-state index is 0.0954. The van der Waals surface area contributed by atoms with Crippen molar-refractivity contribution in [3.63, 3.8) is 0 Å². The van der Waals surface area contributed by atoms with Crippen molar-refractivity contribution < 1.29 is 33.6 Å². The summed E-state index contributed by atoms with van der Waals surface area (Å²) < 4.78 is 17.1. The van der Waals surface area contributed by atoms with Crippen molar-refractivity contribution in [2.45, 2.75) is 44.2 Å². The van der Waals surface area contributed by atoms with Crippen LogP contribution in [0.5, 0.6) is 0 Å². The molecular formula is C21H31ClN4O7P2. The molecule has 14 heteroatoms. The van der Waals surface area contributed by atoms with E-state index in [1.54, 1.807) is 30.5 Å². The molecule has 11 nitrogen and oxygen atoms in total. The van der Waals surface area contributed by atoms with Gasteiger partial charge in [-0.15, -0.1) is 0 Å². The molecule has 194 valence electrons. The zero-order chi connectivity index (χ0) is 26.2. The molecular weight excluding hydrogens is 518 g/mol. The first-order valence-electron chi connectivity index (χ1n) is 10.9. The number of ether oxygens (including phenoxy) is 1.